The van der Waals surface area contributed by atoms with E-state index in [0.717, 1.165) is 55.3 Å². The minimum absolute atomic E-state index is 0.714. The molecule has 19 heavy (non-hydrogen) atoms. The van der Waals surface area contributed by atoms with Crippen molar-refractivity contribution in [3.8, 4) is 5.75 Å². The summed E-state index contributed by atoms with van der Waals surface area (Å²) in [7, 11) is 1.72. The van der Waals surface area contributed by atoms with Gasteiger partial charge in [-0.1, -0.05) is 18.5 Å². The monoisotopic (exact) mass is 285 g/mol. The largest absolute Gasteiger partial charge is 0.493 e. The van der Waals surface area contributed by atoms with Gasteiger partial charge in [-0.25, -0.2) is 0 Å². The molecule has 0 aliphatic heterocycles. The molecule has 0 spiro atoms. The van der Waals surface area contributed by atoms with Crippen molar-refractivity contribution in [2.75, 3.05) is 26.9 Å². The van der Waals surface area contributed by atoms with E-state index in [1.54, 1.807) is 7.11 Å². The number of benzene rings is 1. The van der Waals surface area contributed by atoms with Gasteiger partial charge in [0.2, 0.25) is 0 Å². The zero-order chi connectivity index (χ0) is 13.9. The molecule has 1 N–H and O–H groups in total. The number of hydrogen-bond acceptors (Lipinski definition) is 3. The fraction of sp³-hybridized carbons (Fsp3) is 0.600. The van der Waals surface area contributed by atoms with Crippen molar-refractivity contribution in [2.24, 2.45) is 0 Å². The topological polar surface area (TPSA) is 30.5 Å². The number of hydrogen-bond donors (Lipinski definition) is 1. The molecule has 0 amide bonds. The maximum absolute atomic E-state index is 6.03. The Bertz CT molecular complexity index is 358. The van der Waals surface area contributed by atoms with E-state index in [1.165, 1.54) is 0 Å². The van der Waals surface area contributed by atoms with E-state index in [0.29, 0.717) is 6.61 Å². The first-order valence-electron chi connectivity index (χ1n) is 6.88. The molecule has 0 unspecified atom stereocenters. The van der Waals surface area contributed by atoms with E-state index in [-0.39, 0.29) is 0 Å². The predicted molar refractivity (Wildman–Crippen MR) is 80.1 cm³/mol. The Labute approximate surface area is 121 Å². The first-order chi connectivity index (χ1) is 9.27. The molecule has 0 aliphatic rings. The first-order valence-corrected chi connectivity index (χ1v) is 7.26. The van der Waals surface area contributed by atoms with Gasteiger partial charge in [0.05, 0.1) is 6.61 Å². The van der Waals surface area contributed by atoms with Crippen molar-refractivity contribution in [3.63, 3.8) is 0 Å². The van der Waals surface area contributed by atoms with Crippen LogP contribution in [0.1, 0.15) is 31.7 Å². The molecule has 0 atom stereocenters. The standard InChI is InChI=1S/C15H24ClNO2/c1-3-8-17-12-13-11-14(16)6-7-15(13)19-10-5-4-9-18-2/h6-7,11,17H,3-5,8-10,12H2,1-2H3. The van der Waals surface area contributed by atoms with Crippen LogP contribution in [0.2, 0.25) is 5.02 Å². The van der Waals surface area contributed by atoms with Crippen LogP contribution < -0.4 is 10.1 Å². The van der Waals surface area contributed by atoms with Gasteiger partial charge in [-0.15, -0.1) is 0 Å². The third-order valence-corrected chi connectivity index (χ3v) is 3.00. The lowest BCUT2D eigenvalue weighted by atomic mass is 10.2. The van der Waals surface area contributed by atoms with E-state index in [2.05, 4.69) is 12.2 Å². The van der Waals surface area contributed by atoms with E-state index >= 15 is 0 Å². The van der Waals surface area contributed by atoms with Gasteiger partial charge in [-0.05, 0) is 44.0 Å². The number of ether oxygens (including phenoxy) is 2. The van der Waals surface area contributed by atoms with Crippen LogP contribution in [0.5, 0.6) is 5.75 Å². The second kappa shape index (κ2) is 10.1. The Morgan fingerprint density at radius 2 is 2.00 bits per heavy atom. The Morgan fingerprint density at radius 3 is 2.74 bits per heavy atom. The minimum Gasteiger partial charge on any atom is -0.493 e. The van der Waals surface area contributed by atoms with E-state index in [9.17, 15) is 0 Å². The highest BCUT2D eigenvalue weighted by Crippen LogP contribution is 2.23. The van der Waals surface area contributed by atoms with Gasteiger partial charge in [0.15, 0.2) is 0 Å². The number of unbranched alkanes of at least 4 members (excludes halogenated alkanes) is 1. The zero-order valence-electron chi connectivity index (χ0n) is 11.9. The summed E-state index contributed by atoms with van der Waals surface area (Å²) < 4.78 is 10.8. The Morgan fingerprint density at radius 1 is 1.21 bits per heavy atom. The minimum atomic E-state index is 0.714. The summed E-state index contributed by atoms with van der Waals surface area (Å²) in [5.41, 5.74) is 1.12. The maximum atomic E-state index is 6.03. The van der Waals surface area contributed by atoms with Gasteiger partial charge in [-0.2, -0.15) is 0 Å². The molecule has 0 saturated carbocycles. The molecular weight excluding hydrogens is 262 g/mol. The molecule has 4 heteroatoms. The van der Waals surface area contributed by atoms with Crippen molar-refractivity contribution >= 4 is 11.6 Å². The summed E-state index contributed by atoms with van der Waals surface area (Å²) in [6, 6.07) is 5.78. The fourth-order valence-corrected chi connectivity index (χ4v) is 1.95. The van der Waals surface area contributed by atoms with Gasteiger partial charge >= 0.3 is 0 Å². The first kappa shape index (κ1) is 16.3. The van der Waals surface area contributed by atoms with Crippen LogP contribution in [0.15, 0.2) is 18.2 Å². The lowest BCUT2D eigenvalue weighted by Crippen LogP contribution is -2.15. The van der Waals surface area contributed by atoms with Crippen LogP contribution in [0, 0.1) is 0 Å². The number of nitrogens with one attached hydrogen (secondary N) is 1. The molecule has 0 aliphatic carbocycles. The second-order valence-corrected chi connectivity index (χ2v) is 4.91. The van der Waals surface area contributed by atoms with Crippen LogP contribution in [0.3, 0.4) is 0 Å². The van der Waals surface area contributed by atoms with Crippen molar-refractivity contribution in [1.82, 2.24) is 5.32 Å². The molecule has 1 rings (SSSR count). The molecule has 1 aromatic rings. The van der Waals surface area contributed by atoms with Crippen molar-refractivity contribution in [1.29, 1.82) is 0 Å². The third-order valence-electron chi connectivity index (χ3n) is 2.77. The highest BCUT2D eigenvalue weighted by Gasteiger charge is 2.04. The highest BCUT2D eigenvalue weighted by atomic mass is 35.5. The van der Waals surface area contributed by atoms with Crippen LogP contribution in [-0.4, -0.2) is 26.9 Å². The summed E-state index contributed by atoms with van der Waals surface area (Å²) in [5.74, 6) is 0.922. The van der Waals surface area contributed by atoms with Crippen LogP contribution >= 0.6 is 11.6 Å². The fourth-order valence-electron chi connectivity index (χ4n) is 1.76. The van der Waals surface area contributed by atoms with Gasteiger partial charge in [0.1, 0.15) is 5.75 Å². The highest BCUT2D eigenvalue weighted by molar-refractivity contribution is 6.30. The second-order valence-electron chi connectivity index (χ2n) is 4.48. The van der Waals surface area contributed by atoms with Gasteiger partial charge in [-0.3, -0.25) is 0 Å². The van der Waals surface area contributed by atoms with Gasteiger partial charge in [0.25, 0.3) is 0 Å². The number of halogens is 1. The molecule has 0 heterocycles. The quantitative estimate of drug-likeness (QED) is 0.666. The molecule has 1 aromatic carbocycles. The van der Waals surface area contributed by atoms with Crippen LogP contribution in [-0.2, 0) is 11.3 Å². The summed E-state index contributed by atoms with van der Waals surface area (Å²) in [4.78, 5) is 0. The molecule has 0 saturated heterocycles. The summed E-state index contributed by atoms with van der Waals surface area (Å²) in [6.45, 7) is 5.44. The SMILES string of the molecule is CCCNCc1cc(Cl)ccc1OCCCCOC. The average Bonchev–Trinajstić information content (AvgIpc) is 2.41. The molecular formula is C15H24ClNO2. The lowest BCUT2D eigenvalue weighted by Gasteiger charge is -2.12. The normalized spacial score (nSPS) is 10.7. The van der Waals surface area contributed by atoms with Crippen molar-refractivity contribution in [2.45, 2.75) is 32.7 Å². The Balaban J connectivity index is 2.45. The van der Waals surface area contributed by atoms with Crippen molar-refractivity contribution in [3.05, 3.63) is 28.8 Å². The van der Waals surface area contributed by atoms with E-state index in [1.807, 2.05) is 18.2 Å². The summed E-state index contributed by atoms with van der Waals surface area (Å²) >= 11 is 6.03. The Kier molecular flexibility index (Phi) is 8.63. The van der Waals surface area contributed by atoms with Crippen molar-refractivity contribution < 1.29 is 9.47 Å². The number of methoxy groups -OCH3 is 1. The zero-order valence-corrected chi connectivity index (χ0v) is 12.6. The Hall–Kier alpha value is -0.770. The molecule has 0 fully saturated rings. The number of rotatable bonds is 10. The third kappa shape index (κ3) is 6.81. The van der Waals surface area contributed by atoms with E-state index < -0.39 is 0 Å². The lowest BCUT2D eigenvalue weighted by molar-refractivity contribution is 0.184. The summed E-state index contributed by atoms with van der Waals surface area (Å²) in [6.07, 6.45) is 3.14. The van der Waals surface area contributed by atoms with Gasteiger partial charge in [0, 0.05) is 30.8 Å². The van der Waals surface area contributed by atoms with Crippen LogP contribution in [0.4, 0.5) is 0 Å². The maximum Gasteiger partial charge on any atom is 0.123 e. The van der Waals surface area contributed by atoms with E-state index in [4.69, 9.17) is 21.1 Å². The molecule has 3 nitrogen and oxygen atoms in total. The average molecular weight is 286 g/mol. The smallest absolute Gasteiger partial charge is 0.123 e. The predicted octanol–water partition coefficient (Wildman–Crippen LogP) is 3.65. The molecule has 0 bridgehead atoms. The van der Waals surface area contributed by atoms with Gasteiger partial charge < -0.3 is 14.8 Å². The summed E-state index contributed by atoms with van der Waals surface area (Å²) in [5, 5.41) is 4.12. The molecule has 108 valence electrons. The molecule has 0 aromatic heterocycles. The molecule has 0 radical (unpaired) electrons. The van der Waals surface area contributed by atoms with Crippen LogP contribution in [0.25, 0.3) is 0 Å².